The van der Waals surface area contributed by atoms with Crippen molar-refractivity contribution in [3.8, 4) is 0 Å². The van der Waals surface area contributed by atoms with Gasteiger partial charge < -0.3 is 9.88 Å². The van der Waals surface area contributed by atoms with Crippen molar-refractivity contribution >= 4 is 28.6 Å². The minimum absolute atomic E-state index is 0.161. The van der Waals surface area contributed by atoms with Crippen LogP contribution in [0.2, 0.25) is 5.02 Å². The van der Waals surface area contributed by atoms with Gasteiger partial charge in [0.25, 0.3) is 0 Å². The molecular formula is C21H17ClN4. The molecule has 0 spiro atoms. The van der Waals surface area contributed by atoms with Crippen molar-refractivity contribution in [3.05, 3.63) is 89.2 Å². The fourth-order valence-electron chi connectivity index (χ4n) is 3.78. The Bertz CT molecular complexity index is 1060. The highest BCUT2D eigenvalue weighted by Crippen LogP contribution is 2.41. The van der Waals surface area contributed by atoms with Gasteiger partial charge in [0.2, 0.25) is 5.95 Å². The quantitative estimate of drug-likeness (QED) is 0.532. The van der Waals surface area contributed by atoms with Crippen molar-refractivity contribution in [1.82, 2.24) is 14.5 Å². The number of hydrogen-bond donors (Lipinski definition) is 1. The lowest BCUT2D eigenvalue weighted by Gasteiger charge is -2.33. The molecule has 2 atom stereocenters. The SMILES string of the molecule is Clc1ccc(C2CC(c3cccnc3)Nc3nc4ccccc4n32)cc1. The molecule has 0 amide bonds. The molecule has 5 rings (SSSR count). The molecule has 4 aromatic rings. The molecule has 1 aliphatic rings. The van der Waals surface area contributed by atoms with Gasteiger partial charge in [0.1, 0.15) is 0 Å². The molecule has 128 valence electrons. The average Bonchev–Trinajstić information content (AvgIpc) is 3.07. The van der Waals surface area contributed by atoms with Crippen molar-refractivity contribution in [1.29, 1.82) is 0 Å². The maximum Gasteiger partial charge on any atom is 0.204 e. The van der Waals surface area contributed by atoms with Crippen LogP contribution in [0, 0.1) is 0 Å². The van der Waals surface area contributed by atoms with Crippen molar-refractivity contribution in [3.63, 3.8) is 0 Å². The highest BCUT2D eigenvalue weighted by Gasteiger charge is 2.30. The van der Waals surface area contributed by atoms with Crippen LogP contribution in [0.4, 0.5) is 5.95 Å². The highest BCUT2D eigenvalue weighted by molar-refractivity contribution is 6.30. The number of fused-ring (bicyclic) bond motifs is 3. The van der Waals surface area contributed by atoms with E-state index in [9.17, 15) is 0 Å². The molecule has 0 saturated heterocycles. The number of imidazole rings is 1. The Kier molecular flexibility index (Phi) is 3.64. The van der Waals surface area contributed by atoms with Crippen LogP contribution in [-0.4, -0.2) is 14.5 Å². The third-order valence-corrected chi connectivity index (χ3v) is 5.26. The third kappa shape index (κ3) is 2.54. The van der Waals surface area contributed by atoms with Crippen LogP contribution >= 0.6 is 11.6 Å². The highest BCUT2D eigenvalue weighted by atomic mass is 35.5. The Labute approximate surface area is 156 Å². The molecule has 2 aromatic carbocycles. The van der Waals surface area contributed by atoms with E-state index >= 15 is 0 Å². The lowest BCUT2D eigenvalue weighted by atomic mass is 9.93. The topological polar surface area (TPSA) is 42.7 Å². The zero-order valence-corrected chi connectivity index (χ0v) is 14.8. The van der Waals surface area contributed by atoms with Gasteiger partial charge >= 0.3 is 0 Å². The summed E-state index contributed by atoms with van der Waals surface area (Å²) in [5.74, 6) is 0.895. The molecule has 1 N–H and O–H groups in total. The van der Waals surface area contributed by atoms with E-state index < -0.39 is 0 Å². The number of para-hydroxylation sites is 2. The summed E-state index contributed by atoms with van der Waals surface area (Å²) in [4.78, 5) is 9.11. The third-order valence-electron chi connectivity index (χ3n) is 5.01. The second-order valence-electron chi connectivity index (χ2n) is 6.58. The second-order valence-corrected chi connectivity index (χ2v) is 7.02. The average molecular weight is 361 g/mol. The van der Waals surface area contributed by atoms with Crippen molar-refractivity contribution < 1.29 is 0 Å². The standard InChI is InChI=1S/C21H17ClN4/c22-16-9-7-14(8-10-16)20-12-18(15-4-3-11-23-13-15)25-21-24-17-5-1-2-6-19(17)26(20)21/h1-11,13,18,20H,12H2,(H,24,25). The van der Waals surface area contributed by atoms with Crippen molar-refractivity contribution in [2.45, 2.75) is 18.5 Å². The fraction of sp³-hybridized carbons (Fsp3) is 0.143. The van der Waals surface area contributed by atoms with Gasteiger partial charge in [0.15, 0.2) is 0 Å². The Hall–Kier alpha value is -2.85. The molecule has 3 heterocycles. The molecule has 2 aromatic heterocycles. The first kappa shape index (κ1) is 15.4. The van der Waals surface area contributed by atoms with Crippen LogP contribution in [0.5, 0.6) is 0 Å². The van der Waals surface area contributed by atoms with Crippen LogP contribution in [0.15, 0.2) is 73.1 Å². The predicted molar refractivity (Wildman–Crippen MR) is 105 cm³/mol. The largest absolute Gasteiger partial charge is 0.349 e. The molecular weight excluding hydrogens is 344 g/mol. The van der Waals surface area contributed by atoms with E-state index in [1.54, 1.807) is 6.20 Å². The van der Waals surface area contributed by atoms with E-state index in [-0.39, 0.29) is 12.1 Å². The normalized spacial score (nSPS) is 19.1. The second kappa shape index (κ2) is 6.15. The Morgan fingerprint density at radius 2 is 1.81 bits per heavy atom. The Morgan fingerprint density at radius 3 is 2.62 bits per heavy atom. The molecule has 0 aliphatic carbocycles. The van der Waals surface area contributed by atoms with Gasteiger partial charge in [0, 0.05) is 17.4 Å². The first-order chi connectivity index (χ1) is 12.8. The van der Waals surface area contributed by atoms with Crippen LogP contribution < -0.4 is 5.32 Å². The lowest BCUT2D eigenvalue weighted by molar-refractivity contribution is 0.477. The first-order valence-electron chi connectivity index (χ1n) is 8.68. The first-order valence-corrected chi connectivity index (χ1v) is 9.06. The van der Waals surface area contributed by atoms with Crippen molar-refractivity contribution in [2.24, 2.45) is 0 Å². The smallest absolute Gasteiger partial charge is 0.204 e. The molecule has 26 heavy (non-hydrogen) atoms. The van der Waals surface area contributed by atoms with Gasteiger partial charge in [-0.15, -0.1) is 0 Å². The molecule has 5 heteroatoms. The molecule has 0 bridgehead atoms. The van der Waals surface area contributed by atoms with Crippen LogP contribution in [0.3, 0.4) is 0 Å². The molecule has 1 aliphatic heterocycles. The number of nitrogens with one attached hydrogen (secondary N) is 1. The van der Waals surface area contributed by atoms with Gasteiger partial charge in [-0.05, 0) is 47.9 Å². The van der Waals surface area contributed by atoms with E-state index in [2.05, 4.69) is 51.3 Å². The van der Waals surface area contributed by atoms with Crippen LogP contribution in [0.1, 0.15) is 29.6 Å². The summed E-state index contributed by atoms with van der Waals surface area (Å²) in [7, 11) is 0. The van der Waals surface area contributed by atoms with E-state index in [1.807, 2.05) is 30.5 Å². The molecule has 2 unspecified atom stereocenters. The van der Waals surface area contributed by atoms with E-state index in [1.165, 1.54) is 11.1 Å². The monoisotopic (exact) mass is 360 g/mol. The molecule has 0 fully saturated rings. The molecule has 0 saturated carbocycles. The number of halogens is 1. The summed E-state index contributed by atoms with van der Waals surface area (Å²) in [6.07, 6.45) is 4.65. The summed E-state index contributed by atoms with van der Waals surface area (Å²) < 4.78 is 2.30. The lowest BCUT2D eigenvalue weighted by Crippen LogP contribution is -2.27. The summed E-state index contributed by atoms with van der Waals surface area (Å²) in [5, 5.41) is 4.35. The Morgan fingerprint density at radius 1 is 0.962 bits per heavy atom. The molecule has 4 nitrogen and oxygen atoms in total. The zero-order chi connectivity index (χ0) is 17.5. The zero-order valence-electron chi connectivity index (χ0n) is 14.0. The minimum Gasteiger partial charge on any atom is -0.349 e. The number of anilines is 1. The minimum atomic E-state index is 0.161. The van der Waals surface area contributed by atoms with Crippen LogP contribution in [0.25, 0.3) is 11.0 Å². The number of nitrogens with zero attached hydrogens (tertiary/aromatic N) is 3. The van der Waals surface area contributed by atoms with Gasteiger partial charge in [-0.2, -0.15) is 0 Å². The van der Waals surface area contributed by atoms with Crippen LogP contribution in [-0.2, 0) is 0 Å². The maximum absolute atomic E-state index is 6.11. The maximum atomic E-state index is 6.11. The van der Waals surface area contributed by atoms with Gasteiger partial charge in [0.05, 0.1) is 23.1 Å². The number of rotatable bonds is 2. The Balaban J connectivity index is 1.67. The van der Waals surface area contributed by atoms with E-state index in [4.69, 9.17) is 16.6 Å². The number of benzene rings is 2. The van der Waals surface area contributed by atoms with Gasteiger partial charge in [-0.3, -0.25) is 4.98 Å². The summed E-state index contributed by atoms with van der Waals surface area (Å²) in [5.41, 5.74) is 4.54. The number of aromatic nitrogens is 3. The fourth-order valence-corrected chi connectivity index (χ4v) is 3.90. The summed E-state index contributed by atoms with van der Waals surface area (Å²) in [6.45, 7) is 0. The number of hydrogen-bond acceptors (Lipinski definition) is 3. The summed E-state index contributed by atoms with van der Waals surface area (Å²) >= 11 is 6.11. The molecule has 0 radical (unpaired) electrons. The summed E-state index contributed by atoms with van der Waals surface area (Å²) in [6, 6.07) is 20.8. The van der Waals surface area contributed by atoms with Gasteiger partial charge in [-0.25, -0.2) is 4.98 Å². The van der Waals surface area contributed by atoms with Gasteiger partial charge in [-0.1, -0.05) is 41.9 Å². The van der Waals surface area contributed by atoms with E-state index in [0.717, 1.165) is 28.4 Å². The van der Waals surface area contributed by atoms with Crippen molar-refractivity contribution in [2.75, 3.05) is 5.32 Å². The van der Waals surface area contributed by atoms with E-state index in [0.29, 0.717) is 0 Å². The number of pyridine rings is 1. The predicted octanol–water partition coefficient (Wildman–Crippen LogP) is 5.23.